The second kappa shape index (κ2) is 4.43. The van der Waals surface area contributed by atoms with Crippen LogP contribution in [0.1, 0.15) is 0 Å². The first-order chi connectivity index (χ1) is 7.75. The van der Waals surface area contributed by atoms with Crippen LogP contribution in [0.4, 0.5) is 16.3 Å². The third-order valence-electron chi connectivity index (χ3n) is 1.98. The standard InChI is InChI=1S/C10H11N5O/c1-15-9(4-6-12-15)14-10(16)13-8-3-2-5-11-7-8/h2-7H,1H3,(H2,13,14,16). The summed E-state index contributed by atoms with van der Waals surface area (Å²) in [7, 11) is 1.75. The fourth-order valence-electron chi connectivity index (χ4n) is 1.21. The molecule has 0 aliphatic heterocycles. The van der Waals surface area contributed by atoms with Crippen LogP contribution in [0.15, 0.2) is 36.8 Å². The van der Waals surface area contributed by atoms with Crippen LogP contribution < -0.4 is 10.6 Å². The molecule has 0 unspecified atom stereocenters. The third kappa shape index (κ3) is 2.35. The topological polar surface area (TPSA) is 71.8 Å². The van der Waals surface area contributed by atoms with E-state index in [1.807, 2.05) is 0 Å². The molecule has 82 valence electrons. The molecule has 0 radical (unpaired) electrons. The van der Waals surface area contributed by atoms with Crippen molar-refractivity contribution < 1.29 is 4.79 Å². The molecule has 6 heteroatoms. The summed E-state index contributed by atoms with van der Waals surface area (Å²) >= 11 is 0. The first kappa shape index (κ1) is 10.2. The van der Waals surface area contributed by atoms with Crippen molar-refractivity contribution in [3.63, 3.8) is 0 Å². The van der Waals surface area contributed by atoms with Gasteiger partial charge in [-0.2, -0.15) is 5.10 Å². The summed E-state index contributed by atoms with van der Waals surface area (Å²) in [6, 6.07) is 4.90. The molecule has 2 rings (SSSR count). The summed E-state index contributed by atoms with van der Waals surface area (Å²) in [6.45, 7) is 0. The van der Waals surface area contributed by atoms with Crippen molar-refractivity contribution in [3.05, 3.63) is 36.8 Å². The van der Waals surface area contributed by atoms with E-state index in [1.165, 1.54) is 0 Å². The Balaban J connectivity index is 1.98. The number of hydrogen-bond acceptors (Lipinski definition) is 3. The maximum atomic E-state index is 11.5. The maximum Gasteiger partial charge on any atom is 0.324 e. The van der Waals surface area contributed by atoms with Gasteiger partial charge in [0.2, 0.25) is 0 Å². The number of amides is 2. The van der Waals surface area contributed by atoms with E-state index < -0.39 is 0 Å². The zero-order valence-electron chi connectivity index (χ0n) is 8.71. The molecular weight excluding hydrogens is 206 g/mol. The van der Waals surface area contributed by atoms with E-state index in [0.29, 0.717) is 11.5 Å². The van der Waals surface area contributed by atoms with Gasteiger partial charge >= 0.3 is 6.03 Å². The summed E-state index contributed by atoms with van der Waals surface area (Å²) in [5.41, 5.74) is 0.641. The first-order valence-electron chi connectivity index (χ1n) is 4.72. The quantitative estimate of drug-likeness (QED) is 0.799. The molecule has 0 saturated carbocycles. The SMILES string of the molecule is Cn1nccc1NC(=O)Nc1cccnc1. The Kier molecular flexibility index (Phi) is 2.81. The average Bonchev–Trinajstić information content (AvgIpc) is 2.66. The monoisotopic (exact) mass is 217 g/mol. The highest BCUT2D eigenvalue weighted by Crippen LogP contribution is 2.06. The molecule has 0 aliphatic rings. The second-order valence-corrected chi connectivity index (χ2v) is 3.16. The molecule has 2 N–H and O–H groups in total. The summed E-state index contributed by atoms with van der Waals surface area (Å²) in [4.78, 5) is 15.4. The number of pyridine rings is 1. The minimum atomic E-state index is -0.323. The van der Waals surface area contributed by atoms with E-state index in [0.717, 1.165) is 0 Å². The van der Waals surface area contributed by atoms with Gasteiger partial charge in [0.1, 0.15) is 5.82 Å². The summed E-state index contributed by atoms with van der Waals surface area (Å²) in [6.07, 6.45) is 4.83. The number of nitrogens with one attached hydrogen (secondary N) is 2. The van der Waals surface area contributed by atoms with Crippen LogP contribution in [0.25, 0.3) is 0 Å². The van der Waals surface area contributed by atoms with E-state index in [1.54, 1.807) is 48.5 Å². The number of aromatic nitrogens is 3. The van der Waals surface area contributed by atoms with Crippen molar-refractivity contribution in [1.29, 1.82) is 0 Å². The van der Waals surface area contributed by atoms with Crippen molar-refractivity contribution in [2.24, 2.45) is 7.05 Å². The molecule has 2 aromatic rings. The normalized spacial score (nSPS) is 9.81. The Hall–Kier alpha value is -2.37. The van der Waals surface area contributed by atoms with Gasteiger partial charge in [-0.3, -0.25) is 15.0 Å². The van der Waals surface area contributed by atoms with Gasteiger partial charge in [0, 0.05) is 19.3 Å². The number of carbonyl (C=O) groups is 1. The van der Waals surface area contributed by atoms with Gasteiger partial charge in [-0.25, -0.2) is 4.79 Å². The van der Waals surface area contributed by atoms with Crippen molar-refractivity contribution in [2.45, 2.75) is 0 Å². The van der Waals surface area contributed by atoms with Gasteiger partial charge < -0.3 is 5.32 Å². The van der Waals surface area contributed by atoms with E-state index in [4.69, 9.17) is 0 Å². The Morgan fingerprint density at radius 3 is 2.81 bits per heavy atom. The fourth-order valence-corrected chi connectivity index (χ4v) is 1.21. The van der Waals surface area contributed by atoms with Crippen LogP contribution in [-0.4, -0.2) is 20.8 Å². The fraction of sp³-hybridized carbons (Fsp3) is 0.100. The van der Waals surface area contributed by atoms with Crippen LogP contribution >= 0.6 is 0 Å². The van der Waals surface area contributed by atoms with E-state index in [-0.39, 0.29) is 6.03 Å². The number of nitrogens with zero attached hydrogens (tertiary/aromatic N) is 3. The van der Waals surface area contributed by atoms with Gasteiger partial charge in [-0.15, -0.1) is 0 Å². The molecule has 0 saturated heterocycles. The Labute approximate surface area is 92.3 Å². The molecule has 0 bridgehead atoms. The highest BCUT2D eigenvalue weighted by Gasteiger charge is 2.04. The molecular formula is C10H11N5O. The molecule has 6 nitrogen and oxygen atoms in total. The summed E-state index contributed by atoms with van der Waals surface area (Å²) in [5, 5.41) is 9.25. The van der Waals surface area contributed by atoms with E-state index >= 15 is 0 Å². The number of carbonyl (C=O) groups excluding carboxylic acids is 1. The number of hydrogen-bond donors (Lipinski definition) is 2. The minimum absolute atomic E-state index is 0.323. The zero-order valence-corrected chi connectivity index (χ0v) is 8.71. The molecule has 0 spiro atoms. The lowest BCUT2D eigenvalue weighted by Crippen LogP contribution is -2.21. The van der Waals surface area contributed by atoms with Gasteiger partial charge in [-0.05, 0) is 12.1 Å². The third-order valence-corrected chi connectivity index (χ3v) is 1.98. The number of rotatable bonds is 2. The molecule has 0 aliphatic carbocycles. The number of aryl methyl sites for hydroxylation is 1. The van der Waals surface area contributed by atoms with Crippen molar-refractivity contribution in [3.8, 4) is 0 Å². The molecule has 0 fully saturated rings. The van der Waals surface area contributed by atoms with Crippen molar-refractivity contribution in [1.82, 2.24) is 14.8 Å². The Morgan fingerprint density at radius 2 is 2.19 bits per heavy atom. The predicted octanol–water partition coefficient (Wildman–Crippen LogP) is 1.46. The molecule has 2 heterocycles. The van der Waals surface area contributed by atoms with E-state index in [9.17, 15) is 4.79 Å². The van der Waals surface area contributed by atoms with Crippen LogP contribution in [0.3, 0.4) is 0 Å². The predicted molar refractivity (Wildman–Crippen MR) is 60.1 cm³/mol. The van der Waals surface area contributed by atoms with Crippen LogP contribution in [0.2, 0.25) is 0 Å². The second-order valence-electron chi connectivity index (χ2n) is 3.16. The lowest BCUT2D eigenvalue weighted by Gasteiger charge is -2.06. The largest absolute Gasteiger partial charge is 0.324 e. The van der Waals surface area contributed by atoms with Crippen LogP contribution in [-0.2, 0) is 7.05 Å². The Bertz CT molecular complexity index is 479. The number of urea groups is 1. The molecule has 0 aromatic carbocycles. The van der Waals surface area contributed by atoms with Gasteiger partial charge in [0.25, 0.3) is 0 Å². The van der Waals surface area contributed by atoms with Crippen molar-refractivity contribution >= 4 is 17.5 Å². The van der Waals surface area contributed by atoms with Crippen LogP contribution in [0.5, 0.6) is 0 Å². The molecule has 2 aromatic heterocycles. The van der Waals surface area contributed by atoms with Gasteiger partial charge in [-0.1, -0.05) is 0 Å². The minimum Gasteiger partial charge on any atom is -0.306 e. The van der Waals surface area contributed by atoms with Crippen LogP contribution in [0, 0.1) is 0 Å². The van der Waals surface area contributed by atoms with E-state index in [2.05, 4.69) is 20.7 Å². The lowest BCUT2D eigenvalue weighted by molar-refractivity contribution is 0.262. The molecule has 0 atom stereocenters. The zero-order chi connectivity index (χ0) is 11.4. The maximum absolute atomic E-state index is 11.5. The molecule has 16 heavy (non-hydrogen) atoms. The summed E-state index contributed by atoms with van der Waals surface area (Å²) < 4.78 is 1.57. The van der Waals surface area contributed by atoms with Gasteiger partial charge in [0.05, 0.1) is 18.1 Å². The highest BCUT2D eigenvalue weighted by molar-refractivity contribution is 5.99. The molecule has 2 amide bonds. The summed E-state index contributed by atoms with van der Waals surface area (Å²) in [5.74, 6) is 0.626. The lowest BCUT2D eigenvalue weighted by atomic mass is 10.4. The highest BCUT2D eigenvalue weighted by atomic mass is 16.2. The van der Waals surface area contributed by atoms with Gasteiger partial charge in [0.15, 0.2) is 0 Å². The Morgan fingerprint density at radius 1 is 1.31 bits per heavy atom. The smallest absolute Gasteiger partial charge is 0.306 e. The number of anilines is 2. The first-order valence-corrected chi connectivity index (χ1v) is 4.72. The van der Waals surface area contributed by atoms with Crippen molar-refractivity contribution in [2.75, 3.05) is 10.6 Å². The average molecular weight is 217 g/mol.